The van der Waals surface area contributed by atoms with Crippen LogP contribution in [0.3, 0.4) is 0 Å². The molecule has 0 N–H and O–H groups in total. The average molecular weight is 202 g/mol. The molecular weight excluding hydrogens is 184 g/mol. The van der Waals surface area contributed by atoms with E-state index in [2.05, 4.69) is 33.4 Å². The van der Waals surface area contributed by atoms with Crippen LogP contribution in [0.1, 0.15) is 34.7 Å². The summed E-state index contributed by atoms with van der Waals surface area (Å²) in [6.07, 6.45) is 0. The first-order valence-electron chi connectivity index (χ1n) is 5.14. The zero-order valence-electron chi connectivity index (χ0n) is 10.2. The van der Waals surface area contributed by atoms with E-state index in [9.17, 15) is 4.79 Å². The standard InChI is InChI=1S/C14H18O/c1-8-7-14(12(5)13(6)15)11(4)10(3)9(8)2/h7H,5H2,1-4,6H3. The SMILES string of the molecule is C=C(C(C)=O)c1cc(C)c(C)c(C)c1C. The van der Waals surface area contributed by atoms with Crippen LogP contribution >= 0.6 is 0 Å². The first-order valence-corrected chi connectivity index (χ1v) is 5.14. The molecule has 0 unspecified atom stereocenters. The van der Waals surface area contributed by atoms with Crippen molar-refractivity contribution < 1.29 is 4.79 Å². The van der Waals surface area contributed by atoms with E-state index in [0.29, 0.717) is 5.57 Å². The summed E-state index contributed by atoms with van der Waals surface area (Å²) in [5, 5.41) is 0. The molecule has 1 rings (SSSR count). The number of carbonyl (C=O) groups is 1. The summed E-state index contributed by atoms with van der Waals surface area (Å²) in [4.78, 5) is 11.3. The molecule has 0 bridgehead atoms. The highest BCUT2D eigenvalue weighted by atomic mass is 16.1. The Hall–Kier alpha value is -1.37. The molecule has 0 aliphatic carbocycles. The first-order chi connectivity index (χ1) is 6.86. The Morgan fingerprint density at radius 2 is 1.60 bits per heavy atom. The van der Waals surface area contributed by atoms with Gasteiger partial charge in [-0.2, -0.15) is 0 Å². The molecule has 0 amide bonds. The Morgan fingerprint density at radius 3 is 2.07 bits per heavy atom. The van der Waals surface area contributed by atoms with Crippen molar-refractivity contribution in [1.82, 2.24) is 0 Å². The highest BCUT2D eigenvalue weighted by Crippen LogP contribution is 2.26. The van der Waals surface area contributed by atoms with Crippen molar-refractivity contribution in [2.45, 2.75) is 34.6 Å². The Balaban J connectivity index is 3.45. The van der Waals surface area contributed by atoms with E-state index in [4.69, 9.17) is 0 Å². The van der Waals surface area contributed by atoms with Crippen LogP contribution in [-0.2, 0) is 4.79 Å². The highest BCUT2D eigenvalue weighted by Gasteiger charge is 2.11. The van der Waals surface area contributed by atoms with Gasteiger partial charge in [0.2, 0.25) is 0 Å². The predicted molar refractivity (Wildman–Crippen MR) is 65.1 cm³/mol. The van der Waals surface area contributed by atoms with Crippen LogP contribution in [0.15, 0.2) is 12.6 Å². The molecule has 80 valence electrons. The molecule has 0 aromatic heterocycles. The van der Waals surface area contributed by atoms with Gasteiger partial charge in [0.25, 0.3) is 0 Å². The minimum absolute atomic E-state index is 0.0424. The van der Waals surface area contributed by atoms with E-state index in [1.54, 1.807) is 6.92 Å². The molecule has 0 heterocycles. The number of aryl methyl sites for hydroxylation is 1. The largest absolute Gasteiger partial charge is 0.295 e. The number of ketones is 1. The predicted octanol–water partition coefficient (Wildman–Crippen LogP) is 3.52. The van der Waals surface area contributed by atoms with Gasteiger partial charge in [0.05, 0.1) is 0 Å². The van der Waals surface area contributed by atoms with Crippen molar-refractivity contribution in [3.63, 3.8) is 0 Å². The fraction of sp³-hybridized carbons (Fsp3) is 0.357. The molecule has 0 fully saturated rings. The van der Waals surface area contributed by atoms with E-state index in [0.717, 1.165) is 5.56 Å². The third kappa shape index (κ3) is 2.01. The van der Waals surface area contributed by atoms with Crippen molar-refractivity contribution in [1.29, 1.82) is 0 Å². The van der Waals surface area contributed by atoms with Crippen LogP contribution in [0.5, 0.6) is 0 Å². The van der Waals surface area contributed by atoms with Crippen LogP contribution in [0.25, 0.3) is 5.57 Å². The molecule has 1 aromatic carbocycles. The molecule has 0 aliphatic heterocycles. The van der Waals surface area contributed by atoms with Crippen molar-refractivity contribution in [2.75, 3.05) is 0 Å². The maximum atomic E-state index is 11.3. The maximum absolute atomic E-state index is 11.3. The fourth-order valence-corrected chi connectivity index (χ4v) is 1.72. The van der Waals surface area contributed by atoms with E-state index < -0.39 is 0 Å². The van der Waals surface area contributed by atoms with Gasteiger partial charge >= 0.3 is 0 Å². The molecule has 1 aromatic rings. The number of allylic oxidation sites excluding steroid dienone is 1. The lowest BCUT2D eigenvalue weighted by atomic mass is 9.90. The third-order valence-corrected chi connectivity index (χ3v) is 3.23. The smallest absolute Gasteiger partial charge is 0.159 e. The van der Waals surface area contributed by atoms with Crippen LogP contribution < -0.4 is 0 Å². The average Bonchev–Trinajstić information content (AvgIpc) is 2.19. The molecule has 0 atom stereocenters. The van der Waals surface area contributed by atoms with Crippen molar-refractivity contribution in [3.05, 3.63) is 40.5 Å². The van der Waals surface area contributed by atoms with E-state index in [1.807, 2.05) is 6.92 Å². The summed E-state index contributed by atoms with van der Waals surface area (Å²) in [7, 11) is 0. The second kappa shape index (κ2) is 4.01. The number of hydrogen-bond donors (Lipinski definition) is 0. The molecule has 0 spiro atoms. The van der Waals surface area contributed by atoms with Gasteiger partial charge in [-0.1, -0.05) is 12.6 Å². The Kier molecular flexibility index (Phi) is 3.13. The lowest BCUT2D eigenvalue weighted by Crippen LogP contribution is -2.01. The van der Waals surface area contributed by atoms with Gasteiger partial charge in [-0.05, 0) is 62.4 Å². The lowest BCUT2D eigenvalue weighted by Gasteiger charge is -2.14. The first kappa shape index (κ1) is 11.7. The molecule has 0 saturated carbocycles. The summed E-state index contributed by atoms with van der Waals surface area (Å²) < 4.78 is 0. The number of hydrogen-bond acceptors (Lipinski definition) is 1. The number of carbonyl (C=O) groups excluding carboxylic acids is 1. The monoisotopic (exact) mass is 202 g/mol. The molecule has 0 aliphatic rings. The number of rotatable bonds is 2. The van der Waals surface area contributed by atoms with Crippen LogP contribution in [0.4, 0.5) is 0 Å². The Bertz CT molecular complexity index is 439. The van der Waals surface area contributed by atoms with Gasteiger partial charge in [0.15, 0.2) is 5.78 Å². The second-order valence-corrected chi connectivity index (χ2v) is 4.15. The van der Waals surface area contributed by atoms with Gasteiger partial charge in [0.1, 0.15) is 0 Å². The van der Waals surface area contributed by atoms with E-state index >= 15 is 0 Å². The minimum Gasteiger partial charge on any atom is -0.295 e. The Labute approximate surface area is 91.8 Å². The molecule has 0 saturated heterocycles. The normalized spacial score (nSPS) is 10.2. The lowest BCUT2D eigenvalue weighted by molar-refractivity contribution is -0.111. The zero-order valence-corrected chi connectivity index (χ0v) is 10.2. The fourth-order valence-electron chi connectivity index (χ4n) is 1.72. The van der Waals surface area contributed by atoms with Crippen LogP contribution in [0, 0.1) is 27.7 Å². The minimum atomic E-state index is 0.0424. The molecule has 15 heavy (non-hydrogen) atoms. The quantitative estimate of drug-likeness (QED) is 0.670. The van der Waals surface area contributed by atoms with Gasteiger partial charge in [-0.3, -0.25) is 4.79 Å². The highest BCUT2D eigenvalue weighted by molar-refractivity contribution is 6.19. The van der Waals surface area contributed by atoms with Crippen LogP contribution in [-0.4, -0.2) is 5.78 Å². The third-order valence-electron chi connectivity index (χ3n) is 3.23. The van der Waals surface area contributed by atoms with Crippen molar-refractivity contribution in [2.24, 2.45) is 0 Å². The van der Waals surface area contributed by atoms with Gasteiger partial charge in [-0.15, -0.1) is 0 Å². The summed E-state index contributed by atoms with van der Waals surface area (Å²) in [6, 6.07) is 2.06. The van der Waals surface area contributed by atoms with Gasteiger partial charge < -0.3 is 0 Å². The molecule has 0 radical (unpaired) electrons. The molecule has 1 nitrogen and oxygen atoms in total. The van der Waals surface area contributed by atoms with Crippen LogP contribution in [0.2, 0.25) is 0 Å². The van der Waals surface area contributed by atoms with Crippen molar-refractivity contribution >= 4 is 11.4 Å². The maximum Gasteiger partial charge on any atom is 0.159 e. The summed E-state index contributed by atoms with van der Waals surface area (Å²) in [6.45, 7) is 13.7. The van der Waals surface area contributed by atoms with E-state index in [1.165, 1.54) is 22.3 Å². The summed E-state index contributed by atoms with van der Waals surface area (Å²) in [5.74, 6) is 0.0424. The summed E-state index contributed by atoms with van der Waals surface area (Å²) in [5.41, 5.74) is 6.54. The van der Waals surface area contributed by atoms with Gasteiger partial charge in [-0.25, -0.2) is 0 Å². The number of benzene rings is 1. The topological polar surface area (TPSA) is 17.1 Å². The van der Waals surface area contributed by atoms with Crippen molar-refractivity contribution in [3.8, 4) is 0 Å². The summed E-state index contributed by atoms with van der Waals surface area (Å²) >= 11 is 0. The van der Waals surface area contributed by atoms with E-state index in [-0.39, 0.29) is 5.78 Å². The Morgan fingerprint density at radius 1 is 1.07 bits per heavy atom. The zero-order chi connectivity index (χ0) is 11.7. The number of Topliss-reactive ketones (excluding diaryl/α,β-unsaturated/α-hetero) is 1. The molecule has 1 heteroatoms. The second-order valence-electron chi connectivity index (χ2n) is 4.15. The van der Waals surface area contributed by atoms with Gasteiger partial charge in [0, 0.05) is 5.57 Å². The molecular formula is C14H18O.